The van der Waals surface area contributed by atoms with Crippen molar-refractivity contribution < 1.29 is 33.3 Å². The van der Waals surface area contributed by atoms with E-state index in [4.69, 9.17) is 18.9 Å². The number of alkyl carbamates (subject to hydrolysis) is 1. The molecule has 9 heteroatoms. The zero-order valence-corrected chi connectivity index (χ0v) is 24.6. The number of hydrogen-bond donors (Lipinski definition) is 2. The van der Waals surface area contributed by atoms with E-state index in [2.05, 4.69) is 42.7 Å². The fourth-order valence-electron chi connectivity index (χ4n) is 6.27. The Hall–Kier alpha value is -3.33. The molecule has 3 aliphatic rings. The van der Waals surface area contributed by atoms with Crippen molar-refractivity contribution in [2.45, 2.75) is 77.3 Å². The number of carbonyl (C=O) groups is 3. The summed E-state index contributed by atoms with van der Waals surface area (Å²) in [5.74, 6) is 1.31. The smallest absolute Gasteiger partial charge is 0.407 e. The lowest BCUT2D eigenvalue weighted by molar-refractivity contribution is -0.164. The molecule has 2 amide bonds. The predicted molar refractivity (Wildman–Crippen MR) is 154 cm³/mol. The van der Waals surface area contributed by atoms with Crippen molar-refractivity contribution in [3.8, 4) is 5.75 Å². The van der Waals surface area contributed by atoms with Crippen LogP contribution in [0.5, 0.6) is 5.75 Å². The van der Waals surface area contributed by atoms with Gasteiger partial charge in [0.15, 0.2) is 0 Å². The minimum atomic E-state index is -0.494. The molecule has 1 fully saturated rings. The van der Waals surface area contributed by atoms with Gasteiger partial charge < -0.3 is 29.6 Å². The second-order valence-electron chi connectivity index (χ2n) is 11.5. The lowest BCUT2D eigenvalue weighted by atomic mass is 9.65. The van der Waals surface area contributed by atoms with Crippen LogP contribution >= 0.6 is 0 Å². The molecule has 0 saturated carbocycles. The molecule has 2 aliphatic carbocycles. The first-order chi connectivity index (χ1) is 19.7. The molecule has 1 aliphatic heterocycles. The molecule has 2 N–H and O–H groups in total. The Labute approximate surface area is 243 Å². The Morgan fingerprint density at radius 3 is 2.61 bits per heavy atom. The van der Waals surface area contributed by atoms with Gasteiger partial charge in [0.05, 0.1) is 26.2 Å². The summed E-state index contributed by atoms with van der Waals surface area (Å²) in [4.78, 5) is 36.6. The molecule has 1 aromatic carbocycles. The van der Waals surface area contributed by atoms with Gasteiger partial charge in [-0.2, -0.15) is 0 Å². The average Bonchev–Trinajstić information content (AvgIpc) is 2.95. The molecule has 7 atom stereocenters. The summed E-state index contributed by atoms with van der Waals surface area (Å²) < 4.78 is 23.1. The molecule has 1 aromatic rings. The molecular formula is C32H44N2O7. The van der Waals surface area contributed by atoms with E-state index in [0.29, 0.717) is 13.0 Å². The van der Waals surface area contributed by atoms with Crippen LogP contribution in [0.1, 0.15) is 57.9 Å². The molecule has 4 rings (SSSR count). The van der Waals surface area contributed by atoms with E-state index in [1.54, 1.807) is 14.2 Å². The molecule has 41 heavy (non-hydrogen) atoms. The lowest BCUT2D eigenvalue weighted by Crippen LogP contribution is -2.43. The second kappa shape index (κ2) is 14.5. The summed E-state index contributed by atoms with van der Waals surface area (Å²) in [6.07, 6.45) is 8.96. The maximum Gasteiger partial charge on any atom is 0.407 e. The molecule has 9 nitrogen and oxygen atoms in total. The largest absolute Gasteiger partial charge is 0.497 e. The Balaban J connectivity index is 1.35. The Morgan fingerprint density at radius 1 is 1.10 bits per heavy atom. The Kier molecular flexibility index (Phi) is 10.9. The van der Waals surface area contributed by atoms with Crippen molar-refractivity contribution in [3.05, 3.63) is 53.6 Å². The molecule has 0 radical (unpaired) electrons. The van der Waals surface area contributed by atoms with Crippen molar-refractivity contribution in [3.63, 3.8) is 0 Å². The van der Waals surface area contributed by atoms with Crippen molar-refractivity contribution in [1.29, 1.82) is 0 Å². The minimum Gasteiger partial charge on any atom is -0.497 e. The highest BCUT2D eigenvalue weighted by molar-refractivity contribution is 5.76. The molecule has 1 heterocycles. The summed E-state index contributed by atoms with van der Waals surface area (Å²) >= 11 is 0. The van der Waals surface area contributed by atoms with Gasteiger partial charge in [-0.05, 0) is 60.3 Å². The highest BCUT2D eigenvalue weighted by atomic mass is 16.6. The third kappa shape index (κ3) is 8.58. The molecular weight excluding hydrogens is 524 g/mol. The summed E-state index contributed by atoms with van der Waals surface area (Å²) in [6, 6.07) is 7.73. The number of rotatable bonds is 11. The molecule has 0 unspecified atom stereocenters. The normalized spacial score (nSPS) is 29.0. The number of nitrogens with one attached hydrogen (secondary N) is 2. The van der Waals surface area contributed by atoms with Gasteiger partial charge in [-0.1, -0.05) is 44.2 Å². The van der Waals surface area contributed by atoms with Crippen LogP contribution in [0.2, 0.25) is 0 Å². The molecule has 224 valence electrons. The van der Waals surface area contributed by atoms with Crippen LogP contribution in [0, 0.1) is 23.7 Å². The van der Waals surface area contributed by atoms with Gasteiger partial charge in [0.2, 0.25) is 5.91 Å². The number of methoxy groups -OCH3 is 1. The van der Waals surface area contributed by atoms with E-state index in [1.807, 2.05) is 24.3 Å². The van der Waals surface area contributed by atoms with Crippen LogP contribution < -0.4 is 15.4 Å². The summed E-state index contributed by atoms with van der Waals surface area (Å²) in [5.41, 5.74) is 2.23. The highest BCUT2D eigenvalue weighted by Crippen LogP contribution is 2.45. The number of esters is 1. The maximum absolute atomic E-state index is 12.6. The third-order valence-electron chi connectivity index (χ3n) is 8.44. The van der Waals surface area contributed by atoms with E-state index < -0.39 is 6.09 Å². The molecule has 0 aromatic heterocycles. The number of carbonyl (C=O) groups excluding carboxylic acids is 3. The van der Waals surface area contributed by atoms with Crippen molar-refractivity contribution in [2.75, 3.05) is 20.7 Å². The van der Waals surface area contributed by atoms with Crippen LogP contribution in [0.15, 0.2) is 48.1 Å². The second-order valence-corrected chi connectivity index (χ2v) is 11.5. The number of allylic oxidation sites excluding steroid dienone is 3. The van der Waals surface area contributed by atoms with Gasteiger partial charge in [-0.3, -0.25) is 9.59 Å². The SMILES string of the molecule is CNC(=O)CCNC(=O)O[C@H]1C[C@@H](C)C=C2C=C[C@H](C)[C@H](CC[C@@H]3C[C@@H](OCc4ccc(OC)cc4)CC(=O)O3)[C@H]21. The standard InChI is InChI=1S/C32H44N2O7/c1-20-15-23-8-5-21(2)27(31(23)28(16-20)41-32(37)34-14-13-29(35)33-3)12-11-25-17-26(18-30(36)40-25)39-19-22-6-9-24(38-4)10-7-22/h5-10,15,20-21,25-28,31H,11-14,16-19H2,1-4H3,(H,33,35)(H,34,37)/t20-,21-,25+,26+,27-,28-,31-/m0/s1. The van der Waals surface area contributed by atoms with Crippen molar-refractivity contribution >= 4 is 18.0 Å². The quantitative estimate of drug-likeness (QED) is 0.372. The van der Waals surface area contributed by atoms with Gasteiger partial charge in [-0.15, -0.1) is 0 Å². The van der Waals surface area contributed by atoms with E-state index in [0.717, 1.165) is 30.6 Å². The molecule has 0 bridgehead atoms. The van der Waals surface area contributed by atoms with Crippen LogP contribution in [0.25, 0.3) is 0 Å². The van der Waals surface area contributed by atoms with Crippen LogP contribution in [0.3, 0.4) is 0 Å². The monoisotopic (exact) mass is 568 g/mol. The summed E-state index contributed by atoms with van der Waals surface area (Å²) in [6.45, 7) is 4.99. The van der Waals surface area contributed by atoms with Crippen LogP contribution in [-0.4, -0.2) is 57.0 Å². The zero-order valence-electron chi connectivity index (χ0n) is 24.6. The highest BCUT2D eigenvalue weighted by Gasteiger charge is 2.42. The first-order valence-corrected chi connectivity index (χ1v) is 14.7. The number of hydrogen-bond acceptors (Lipinski definition) is 7. The van der Waals surface area contributed by atoms with Crippen molar-refractivity contribution in [1.82, 2.24) is 10.6 Å². The van der Waals surface area contributed by atoms with E-state index in [9.17, 15) is 14.4 Å². The van der Waals surface area contributed by atoms with E-state index >= 15 is 0 Å². The predicted octanol–water partition coefficient (Wildman–Crippen LogP) is 4.70. The summed E-state index contributed by atoms with van der Waals surface area (Å²) in [5, 5.41) is 5.27. The number of amides is 2. The van der Waals surface area contributed by atoms with Gasteiger partial charge in [0.1, 0.15) is 18.0 Å². The Bertz CT molecular complexity index is 1120. The Morgan fingerprint density at radius 2 is 1.88 bits per heavy atom. The van der Waals surface area contributed by atoms with E-state index in [1.165, 1.54) is 5.57 Å². The van der Waals surface area contributed by atoms with Gasteiger partial charge in [0, 0.05) is 32.4 Å². The number of benzene rings is 1. The van der Waals surface area contributed by atoms with Gasteiger partial charge in [-0.25, -0.2) is 4.79 Å². The van der Waals surface area contributed by atoms with Crippen LogP contribution in [0.4, 0.5) is 4.79 Å². The van der Waals surface area contributed by atoms with Crippen LogP contribution in [-0.2, 0) is 30.4 Å². The average molecular weight is 569 g/mol. The van der Waals surface area contributed by atoms with Gasteiger partial charge in [0.25, 0.3) is 0 Å². The fraction of sp³-hybridized carbons (Fsp3) is 0.594. The molecule has 1 saturated heterocycles. The number of cyclic esters (lactones) is 1. The zero-order chi connectivity index (χ0) is 29.4. The van der Waals surface area contributed by atoms with E-state index in [-0.39, 0.29) is 73.2 Å². The molecule has 0 spiro atoms. The topological polar surface area (TPSA) is 112 Å². The van der Waals surface area contributed by atoms with Gasteiger partial charge >= 0.3 is 12.1 Å². The summed E-state index contributed by atoms with van der Waals surface area (Å²) in [7, 11) is 3.21. The fourth-order valence-corrected chi connectivity index (χ4v) is 6.27. The third-order valence-corrected chi connectivity index (χ3v) is 8.44. The minimum absolute atomic E-state index is 0.0669. The number of ether oxygens (including phenoxy) is 4. The van der Waals surface area contributed by atoms with Crippen molar-refractivity contribution in [2.24, 2.45) is 23.7 Å². The lowest BCUT2D eigenvalue weighted by Gasteiger charge is -2.43. The maximum atomic E-state index is 12.6. The first kappa shape index (κ1) is 30.6. The first-order valence-electron chi connectivity index (χ1n) is 14.7. The number of fused-ring (bicyclic) bond motifs is 1.